The van der Waals surface area contributed by atoms with Crippen molar-refractivity contribution in [2.75, 3.05) is 17.2 Å². The van der Waals surface area contributed by atoms with Gasteiger partial charge in [-0.3, -0.25) is 14.2 Å². The number of nitrogens with zero attached hydrogens (tertiary/aromatic N) is 3. The highest BCUT2D eigenvalue weighted by molar-refractivity contribution is 6.02. The van der Waals surface area contributed by atoms with Crippen molar-refractivity contribution >= 4 is 34.2 Å². The SMILES string of the molecule is O=C(COc1cccc(NC(=O)c2ccco2)c1)Nc1ccc(-n2cnc3ccccc32)nc1. The molecule has 5 aromatic rings. The number of fused-ring (bicyclic) bond motifs is 1. The fraction of sp³-hybridized carbons (Fsp3) is 0.0400. The van der Waals surface area contributed by atoms with Crippen LogP contribution in [0.15, 0.2) is 96.0 Å². The number of aromatic nitrogens is 3. The molecule has 0 aliphatic rings. The quantitative estimate of drug-likeness (QED) is 0.380. The lowest BCUT2D eigenvalue weighted by molar-refractivity contribution is -0.118. The van der Waals surface area contributed by atoms with E-state index in [1.54, 1.807) is 61.1 Å². The van der Waals surface area contributed by atoms with Gasteiger partial charge >= 0.3 is 0 Å². The highest BCUT2D eigenvalue weighted by Crippen LogP contribution is 2.19. The van der Waals surface area contributed by atoms with Crippen LogP contribution in [0.1, 0.15) is 10.6 Å². The Morgan fingerprint density at radius 1 is 0.912 bits per heavy atom. The zero-order valence-corrected chi connectivity index (χ0v) is 17.8. The number of carbonyl (C=O) groups excluding carboxylic acids is 2. The van der Waals surface area contributed by atoms with Crippen molar-refractivity contribution in [3.63, 3.8) is 0 Å². The zero-order chi connectivity index (χ0) is 23.3. The van der Waals surface area contributed by atoms with E-state index >= 15 is 0 Å². The van der Waals surface area contributed by atoms with Crippen molar-refractivity contribution in [1.82, 2.24) is 14.5 Å². The molecule has 9 heteroatoms. The second-order valence-corrected chi connectivity index (χ2v) is 7.30. The topological polar surface area (TPSA) is 111 Å². The van der Waals surface area contributed by atoms with Crippen LogP contribution < -0.4 is 15.4 Å². The van der Waals surface area contributed by atoms with Crippen molar-refractivity contribution in [1.29, 1.82) is 0 Å². The predicted molar refractivity (Wildman–Crippen MR) is 126 cm³/mol. The minimum atomic E-state index is -0.375. The molecular weight excluding hydrogens is 434 g/mol. The number of anilines is 2. The van der Waals surface area contributed by atoms with E-state index in [1.807, 2.05) is 28.8 Å². The number of para-hydroxylation sites is 2. The van der Waals surface area contributed by atoms with Crippen LogP contribution in [0.4, 0.5) is 11.4 Å². The Bertz CT molecular complexity index is 1440. The fourth-order valence-electron chi connectivity index (χ4n) is 3.35. The lowest BCUT2D eigenvalue weighted by Gasteiger charge is -2.10. The number of hydrogen-bond acceptors (Lipinski definition) is 6. The van der Waals surface area contributed by atoms with Crippen molar-refractivity contribution in [3.8, 4) is 11.6 Å². The summed E-state index contributed by atoms with van der Waals surface area (Å²) in [5.74, 6) is 0.614. The highest BCUT2D eigenvalue weighted by Gasteiger charge is 2.10. The van der Waals surface area contributed by atoms with Crippen LogP contribution in [0.3, 0.4) is 0 Å². The van der Waals surface area contributed by atoms with Gasteiger partial charge in [-0.15, -0.1) is 0 Å². The van der Waals surface area contributed by atoms with Crippen LogP contribution in [0, 0.1) is 0 Å². The molecule has 0 atom stereocenters. The molecule has 168 valence electrons. The molecule has 34 heavy (non-hydrogen) atoms. The molecule has 9 nitrogen and oxygen atoms in total. The minimum absolute atomic E-state index is 0.201. The average Bonchev–Trinajstić information content (AvgIpc) is 3.54. The summed E-state index contributed by atoms with van der Waals surface area (Å²) in [6, 6.07) is 21.3. The number of hydrogen-bond donors (Lipinski definition) is 2. The third-order valence-electron chi connectivity index (χ3n) is 4.94. The second-order valence-electron chi connectivity index (χ2n) is 7.30. The van der Waals surface area contributed by atoms with Crippen LogP contribution in [0.5, 0.6) is 5.75 Å². The molecule has 3 heterocycles. The first-order chi connectivity index (χ1) is 16.7. The van der Waals surface area contributed by atoms with Crippen molar-refractivity contribution < 1.29 is 18.7 Å². The van der Waals surface area contributed by atoms with Gasteiger partial charge in [0.15, 0.2) is 12.4 Å². The summed E-state index contributed by atoms with van der Waals surface area (Å²) in [5, 5.41) is 5.47. The van der Waals surface area contributed by atoms with E-state index in [1.165, 1.54) is 6.26 Å². The Kier molecular flexibility index (Phi) is 5.73. The van der Waals surface area contributed by atoms with E-state index in [0.717, 1.165) is 11.0 Å². The standard InChI is InChI=1S/C25H19N5O4/c31-24(15-34-19-6-3-5-17(13-19)29-25(32)22-9-4-12-33-22)28-18-10-11-23(26-14-18)30-16-27-20-7-1-2-8-21(20)30/h1-14,16H,15H2,(H,28,31)(H,29,32). The molecular formula is C25H19N5O4. The van der Waals surface area contributed by atoms with E-state index in [0.29, 0.717) is 22.9 Å². The van der Waals surface area contributed by atoms with Gasteiger partial charge < -0.3 is 19.8 Å². The van der Waals surface area contributed by atoms with Crippen molar-refractivity contribution in [2.45, 2.75) is 0 Å². The van der Waals surface area contributed by atoms with Crippen LogP contribution >= 0.6 is 0 Å². The Morgan fingerprint density at radius 2 is 1.82 bits per heavy atom. The molecule has 0 bridgehead atoms. The second kappa shape index (κ2) is 9.29. The zero-order valence-electron chi connectivity index (χ0n) is 17.8. The number of rotatable bonds is 7. The van der Waals surface area contributed by atoms with Crippen LogP contribution in [-0.2, 0) is 4.79 Å². The summed E-state index contributed by atoms with van der Waals surface area (Å²) >= 11 is 0. The van der Waals surface area contributed by atoms with E-state index in [9.17, 15) is 9.59 Å². The molecule has 0 radical (unpaired) electrons. The highest BCUT2D eigenvalue weighted by atomic mass is 16.5. The van der Waals surface area contributed by atoms with Gasteiger partial charge in [-0.1, -0.05) is 18.2 Å². The van der Waals surface area contributed by atoms with E-state index < -0.39 is 0 Å². The van der Waals surface area contributed by atoms with Gasteiger partial charge in [0, 0.05) is 11.8 Å². The maximum atomic E-state index is 12.3. The number of ether oxygens (including phenoxy) is 1. The fourth-order valence-corrected chi connectivity index (χ4v) is 3.35. The number of benzene rings is 2. The van der Waals surface area contributed by atoms with Gasteiger partial charge in [0.2, 0.25) is 0 Å². The van der Waals surface area contributed by atoms with Crippen LogP contribution in [0.25, 0.3) is 16.9 Å². The van der Waals surface area contributed by atoms with Gasteiger partial charge in [0.05, 0.1) is 29.2 Å². The predicted octanol–water partition coefficient (Wildman–Crippen LogP) is 4.28. The average molecular weight is 453 g/mol. The monoisotopic (exact) mass is 453 g/mol. The molecule has 3 aromatic heterocycles. The molecule has 2 amide bonds. The molecule has 0 aliphatic heterocycles. The van der Waals surface area contributed by atoms with Gasteiger partial charge in [-0.05, 0) is 48.5 Å². The lowest BCUT2D eigenvalue weighted by Crippen LogP contribution is -2.20. The molecule has 0 aliphatic carbocycles. The summed E-state index contributed by atoms with van der Waals surface area (Å²) in [7, 11) is 0. The molecule has 0 unspecified atom stereocenters. The lowest BCUT2D eigenvalue weighted by atomic mass is 10.3. The number of furan rings is 1. The molecule has 0 fully saturated rings. The number of amides is 2. The summed E-state index contributed by atoms with van der Waals surface area (Å²) in [4.78, 5) is 33.2. The van der Waals surface area contributed by atoms with Gasteiger partial charge in [0.1, 0.15) is 17.9 Å². The van der Waals surface area contributed by atoms with E-state index in [4.69, 9.17) is 9.15 Å². The molecule has 5 rings (SSSR count). The third kappa shape index (κ3) is 4.63. The Labute approximate surface area is 194 Å². The maximum absolute atomic E-state index is 12.3. The maximum Gasteiger partial charge on any atom is 0.291 e. The van der Waals surface area contributed by atoms with Crippen LogP contribution in [0.2, 0.25) is 0 Å². The Morgan fingerprint density at radius 3 is 2.65 bits per heavy atom. The Balaban J connectivity index is 1.17. The largest absolute Gasteiger partial charge is 0.484 e. The van der Waals surface area contributed by atoms with Gasteiger partial charge in [-0.2, -0.15) is 0 Å². The molecule has 0 saturated carbocycles. The number of imidazole rings is 1. The molecule has 2 aromatic carbocycles. The summed E-state index contributed by atoms with van der Waals surface area (Å²) in [6.07, 6.45) is 4.72. The van der Waals surface area contributed by atoms with Crippen molar-refractivity contribution in [3.05, 3.63) is 97.3 Å². The van der Waals surface area contributed by atoms with Gasteiger partial charge in [0.25, 0.3) is 11.8 Å². The number of pyridine rings is 1. The number of nitrogens with one attached hydrogen (secondary N) is 2. The van der Waals surface area contributed by atoms with Crippen LogP contribution in [-0.4, -0.2) is 33.0 Å². The molecule has 0 saturated heterocycles. The van der Waals surface area contributed by atoms with E-state index in [-0.39, 0.29) is 24.2 Å². The van der Waals surface area contributed by atoms with Gasteiger partial charge in [-0.25, -0.2) is 9.97 Å². The molecule has 0 spiro atoms. The number of carbonyl (C=O) groups is 2. The first kappa shape index (κ1) is 21.0. The summed E-state index contributed by atoms with van der Waals surface area (Å²) in [5.41, 5.74) is 2.89. The summed E-state index contributed by atoms with van der Waals surface area (Å²) in [6.45, 7) is -0.205. The first-order valence-corrected chi connectivity index (χ1v) is 10.4. The smallest absolute Gasteiger partial charge is 0.291 e. The van der Waals surface area contributed by atoms with Crippen molar-refractivity contribution in [2.24, 2.45) is 0 Å². The van der Waals surface area contributed by atoms with E-state index in [2.05, 4.69) is 20.6 Å². The first-order valence-electron chi connectivity index (χ1n) is 10.4. The summed E-state index contributed by atoms with van der Waals surface area (Å²) < 4.78 is 12.5. The third-order valence-corrected chi connectivity index (χ3v) is 4.94. The molecule has 2 N–H and O–H groups in total. The minimum Gasteiger partial charge on any atom is -0.484 e. The normalized spacial score (nSPS) is 10.7. The Hall–Kier alpha value is -4.92.